The third-order valence-corrected chi connectivity index (χ3v) is 5.90. The minimum atomic E-state index is -3.45. The number of thiophene rings is 1. The van der Waals surface area contributed by atoms with Gasteiger partial charge >= 0.3 is 0 Å². The van der Waals surface area contributed by atoms with E-state index in [-0.39, 0.29) is 18.7 Å². The average molecular weight is 290 g/mol. The molecule has 2 unspecified atom stereocenters. The second kappa shape index (κ2) is 5.66. The summed E-state index contributed by atoms with van der Waals surface area (Å²) < 4.78 is 32.4. The molecule has 102 valence electrons. The zero-order valence-corrected chi connectivity index (χ0v) is 11.9. The highest BCUT2D eigenvalue weighted by atomic mass is 32.2. The van der Waals surface area contributed by atoms with Gasteiger partial charge in [-0.25, -0.2) is 13.1 Å². The molecule has 1 aliphatic rings. The normalized spacial score (nSPS) is 24.6. The second-order valence-corrected chi connectivity index (χ2v) is 7.08. The van der Waals surface area contributed by atoms with E-state index in [2.05, 4.69) is 4.72 Å². The molecule has 1 saturated carbocycles. The fourth-order valence-electron chi connectivity index (χ4n) is 2.26. The Morgan fingerprint density at radius 1 is 1.56 bits per heavy atom. The van der Waals surface area contributed by atoms with E-state index in [0.717, 1.165) is 19.3 Å². The lowest BCUT2D eigenvalue weighted by atomic mass is 10.3. The summed E-state index contributed by atoms with van der Waals surface area (Å²) in [4.78, 5) is 1.01. The Hall–Kier alpha value is -0.470. The van der Waals surface area contributed by atoms with Gasteiger partial charge in [-0.05, 0) is 30.7 Å². The fourth-order valence-corrected chi connectivity index (χ4v) is 4.88. The van der Waals surface area contributed by atoms with Crippen molar-refractivity contribution >= 4 is 21.4 Å². The molecule has 0 amide bonds. The SMILES string of the molecule is COC1CCC(NS(=O)(=O)c2ccsc2CN)C1. The molecule has 1 fully saturated rings. The van der Waals surface area contributed by atoms with Gasteiger partial charge in [0.1, 0.15) is 0 Å². The highest BCUT2D eigenvalue weighted by molar-refractivity contribution is 7.89. The Bertz CT molecular complexity index is 498. The van der Waals surface area contributed by atoms with E-state index in [1.807, 2.05) is 0 Å². The van der Waals surface area contributed by atoms with Crippen LogP contribution in [0.2, 0.25) is 0 Å². The first-order valence-electron chi connectivity index (χ1n) is 5.88. The molecular weight excluding hydrogens is 272 g/mol. The van der Waals surface area contributed by atoms with E-state index in [1.54, 1.807) is 18.6 Å². The molecule has 3 N–H and O–H groups in total. The first-order chi connectivity index (χ1) is 8.56. The van der Waals surface area contributed by atoms with E-state index < -0.39 is 10.0 Å². The standard InChI is InChI=1S/C11H18N2O3S2/c1-16-9-3-2-8(6-9)13-18(14,15)11-4-5-17-10(11)7-12/h4-5,8-9,13H,2-3,6-7,12H2,1H3. The molecule has 18 heavy (non-hydrogen) atoms. The average Bonchev–Trinajstić information content (AvgIpc) is 2.96. The van der Waals surface area contributed by atoms with Gasteiger partial charge < -0.3 is 10.5 Å². The van der Waals surface area contributed by atoms with Gasteiger partial charge in [-0.1, -0.05) is 0 Å². The quantitative estimate of drug-likeness (QED) is 0.849. The maximum absolute atomic E-state index is 12.2. The molecule has 0 aromatic carbocycles. The van der Waals surface area contributed by atoms with Crippen molar-refractivity contribution in [2.75, 3.05) is 7.11 Å². The van der Waals surface area contributed by atoms with Crippen LogP contribution in [0.1, 0.15) is 24.1 Å². The molecule has 1 aromatic heterocycles. The van der Waals surface area contributed by atoms with Crippen molar-refractivity contribution in [3.8, 4) is 0 Å². The van der Waals surface area contributed by atoms with Crippen molar-refractivity contribution in [2.24, 2.45) is 5.73 Å². The van der Waals surface area contributed by atoms with E-state index in [9.17, 15) is 8.42 Å². The van der Waals surface area contributed by atoms with Crippen molar-refractivity contribution in [3.63, 3.8) is 0 Å². The summed E-state index contributed by atoms with van der Waals surface area (Å²) in [5.74, 6) is 0. The summed E-state index contributed by atoms with van der Waals surface area (Å²) in [5.41, 5.74) is 5.54. The fraction of sp³-hybridized carbons (Fsp3) is 0.636. The molecule has 0 aliphatic heterocycles. The van der Waals surface area contributed by atoms with Crippen molar-refractivity contribution < 1.29 is 13.2 Å². The van der Waals surface area contributed by atoms with Crippen LogP contribution in [0.15, 0.2) is 16.3 Å². The summed E-state index contributed by atoms with van der Waals surface area (Å²) in [6.45, 7) is 0.249. The summed E-state index contributed by atoms with van der Waals surface area (Å²) in [7, 11) is -1.79. The molecule has 1 aliphatic carbocycles. The predicted molar refractivity (Wildman–Crippen MR) is 71.0 cm³/mol. The Labute approximate surface area is 111 Å². The summed E-state index contributed by atoms with van der Waals surface area (Å²) in [6, 6.07) is 1.57. The van der Waals surface area contributed by atoms with Crippen LogP contribution >= 0.6 is 11.3 Å². The van der Waals surface area contributed by atoms with Crippen molar-refractivity contribution in [3.05, 3.63) is 16.3 Å². The number of methoxy groups -OCH3 is 1. The van der Waals surface area contributed by atoms with Crippen molar-refractivity contribution in [1.82, 2.24) is 4.72 Å². The molecular formula is C11H18N2O3S2. The first kappa shape index (κ1) is 14.0. The third kappa shape index (κ3) is 2.92. The van der Waals surface area contributed by atoms with Crippen molar-refractivity contribution in [2.45, 2.75) is 42.8 Å². The number of sulfonamides is 1. The lowest BCUT2D eigenvalue weighted by Gasteiger charge is -2.13. The zero-order chi connectivity index (χ0) is 13.2. The number of rotatable bonds is 5. The van der Waals surface area contributed by atoms with Gasteiger partial charge in [0.2, 0.25) is 10.0 Å². The highest BCUT2D eigenvalue weighted by Gasteiger charge is 2.29. The highest BCUT2D eigenvalue weighted by Crippen LogP contribution is 2.25. The van der Waals surface area contributed by atoms with Crippen LogP contribution < -0.4 is 10.5 Å². The smallest absolute Gasteiger partial charge is 0.241 e. The Kier molecular flexibility index (Phi) is 4.39. The predicted octanol–water partition coefficient (Wildman–Crippen LogP) is 1.05. The van der Waals surface area contributed by atoms with Crippen LogP contribution in [0, 0.1) is 0 Å². The molecule has 0 saturated heterocycles. The van der Waals surface area contributed by atoms with Gasteiger partial charge in [0.05, 0.1) is 11.0 Å². The van der Waals surface area contributed by atoms with Gasteiger partial charge in [-0.2, -0.15) is 0 Å². The van der Waals surface area contributed by atoms with E-state index in [1.165, 1.54) is 11.3 Å². The molecule has 1 heterocycles. The maximum atomic E-state index is 12.2. The molecule has 7 heteroatoms. The lowest BCUT2D eigenvalue weighted by Crippen LogP contribution is -2.33. The van der Waals surface area contributed by atoms with E-state index in [4.69, 9.17) is 10.5 Å². The zero-order valence-electron chi connectivity index (χ0n) is 10.3. The maximum Gasteiger partial charge on any atom is 0.241 e. The van der Waals surface area contributed by atoms with Crippen LogP contribution in [0.5, 0.6) is 0 Å². The number of hydrogen-bond donors (Lipinski definition) is 2. The lowest BCUT2D eigenvalue weighted by molar-refractivity contribution is 0.107. The van der Waals surface area contributed by atoms with E-state index in [0.29, 0.717) is 9.77 Å². The number of ether oxygens (including phenoxy) is 1. The topological polar surface area (TPSA) is 81.4 Å². The van der Waals surface area contributed by atoms with Crippen LogP contribution in [-0.2, 0) is 21.3 Å². The van der Waals surface area contributed by atoms with Gasteiger partial charge in [0, 0.05) is 24.6 Å². The summed E-state index contributed by atoms with van der Waals surface area (Å²) in [6.07, 6.45) is 2.61. The summed E-state index contributed by atoms with van der Waals surface area (Å²) in [5, 5.41) is 1.75. The molecule has 5 nitrogen and oxygen atoms in total. The molecule has 0 spiro atoms. The van der Waals surface area contributed by atoms with Crippen LogP contribution in [0.25, 0.3) is 0 Å². The van der Waals surface area contributed by atoms with E-state index >= 15 is 0 Å². The second-order valence-electron chi connectivity index (χ2n) is 4.40. The number of hydrogen-bond acceptors (Lipinski definition) is 5. The Balaban J connectivity index is 2.09. The van der Waals surface area contributed by atoms with Gasteiger partial charge in [-0.15, -0.1) is 11.3 Å². The van der Waals surface area contributed by atoms with Crippen LogP contribution in [-0.4, -0.2) is 27.7 Å². The van der Waals surface area contributed by atoms with Gasteiger partial charge in [-0.3, -0.25) is 0 Å². The molecule has 0 radical (unpaired) electrons. The minimum absolute atomic E-state index is 0.0366. The van der Waals surface area contributed by atoms with Gasteiger partial charge in [0.25, 0.3) is 0 Å². The molecule has 2 atom stereocenters. The van der Waals surface area contributed by atoms with Crippen molar-refractivity contribution in [1.29, 1.82) is 0 Å². The first-order valence-corrected chi connectivity index (χ1v) is 8.24. The van der Waals surface area contributed by atoms with Crippen LogP contribution in [0.3, 0.4) is 0 Å². The number of nitrogens with one attached hydrogen (secondary N) is 1. The number of nitrogens with two attached hydrogens (primary N) is 1. The van der Waals surface area contributed by atoms with Gasteiger partial charge in [0.15, 0.2) is 0 Å². The minimum Gasteiger partial charge on any atom is -0.381 e. The van der Waals surface area contributed by atoms with Crippen LogP contribution in [0.4, 0.5) is 0 Å². The summed E-state index contributed by atoms with van der Waals surface area (Å²) >= 11 is 1.37. The largest absolute Gasteiger partial charge is 0.381 e. The molecule has 0 bridgehead atoms. The molecule has 2 rings (SSSR count). The molecule has 1 aromatic rings. The Morgan fingerprint density at radius 3 is 2.94 bits per heavy atom. The Morgan fingerprint density at radius 2 is 2.33 bits per heavy atom. The monoisotopic (exact) mass is 290 g/mol. The third-order valence-electron chi connectivity index (χ3n) is 3.22.